The highest BCUT2D eigenvalue weighted by Gasteiger charge is 2.33. The van der Waals surface area contributed by atoms with Crippen LogP contribution in [0.1, 0.15) is 35.3 Å². The van der Waals surface area contributed by atoms with Gasteiger partial charge in [-0.15, -0.1) is 0 Å². The van der Waals surface area contributed by atoms with Crippen molar-refractivity contribution < 1.29 is 14.3 Å². The number of nitrogens with zero attached hydrogens (tertiary/aromatic N) is 2. The summed E-state index contributed by atoms with van der Waals surface area (Å²) in [5.41, 5.74) is 2.87. The van der Waals surface area contributed by atoms with Crippen molar-refractivity contribution in [3.8, 4) is 5.75 Å². The zero-order chi connectivity index (χ0) is 20.3. The Morgan fingerprint density at radius 1 is 1.04 bits per heavy atom. The molecular formula is C23H28N2O3. The van der Waals surface area contributed by atoms with Crippen LogP contribution in [-0.4, -0.2) is 53.4 Å². The SMILES string of the molecule is Cc1cccc(OC(C)C(=O)N2CCN(C(=O)c3ccccc3)C[C@H]2C)c1C. The minimum absolute atomic E-state index is 0.0132. The van der Waals surface area contributed by atoms with Crippen molar-refractivity contribution in [2.45, 2.75) is 39.8 Å². The number of hydrogen-bond donors (Lipinski definition) is 0. The van der Waals surface area contributed by atoms with E-state index in [1.54, 1.807) is 6.92 Å². The van der Waals surface area contributed by atoms with E-state index in [0.717, 1.165) is 16.9 Å². The molecule has 1 heterocycles. The third-order valence-electron chi connectivity index (χ3n) is 5.42. The molecule has 5 nitrogen and oxygen atoms in total. The van der Waals surface area contributed by atoms with Gasteiger partial charge >= 0.3 is 0 Å². The lowest BCUT2D eigenvalue weighted by Gasteiger charge is -2.40. The van der Waals surface area contributed by atoms with Crippen LogP contribution in [-0.2, 0) is 4.79 Å². The molecule has 0 radical (unpaired) electrons. The molecule has 2 aromatic rings. The van der Waals surface area contributed by atoms with Crippen molar-refractivity contribution in [3.63, 3.8) is 0 Å². The van der Waals surface area contributed by atoms with Crippen LogP contribution in [0.3, 0.4) is 0 Å². The first-order chi connectivity index (χ1) is 13.4. The first-order valence-corrected chi connectivity index (χ1v) is 9.76. The molecule has 0 aromatic heterocycles. The number of hydrogen-bond acceptors (Lipinski definition) is 3. The van der Waals surface area contributed by atoms with Crippen LogP contribution in [0.25, 0.3) is 0 Å². The van der Waals surface area contributed by atoms with E-state index in [9.17, 15) is 9.59 Å². The Balaban J connectivity index is 1.62. The molecule has 28 heavy (non-hydrogen) atoms. The van der Waals surface area contributed by atoms with E-state index in [-0.39, 0.29) is 17.9 Å². The number of piperazine rings is 1. The fraction of sp³-hybridized carbons (Fsp3) is 0.391. The topological polar surface area (TPSA) is 49.9 Å². The van der Waals surface area contributed by atoms with Crippen molar-refractivity contribution in [2.24, 2.45) is 0 Å². The highest BCUT2D eigenvalue weighted by Crippen LogP contribution is 2.23. The van der Waals surface area contributed by atoms with Gasteiger partial charge in [-0.05, 0) is 57.0 Å². The summed E-state index contributed by atoms with van der Waals surface area (Å²) in [6.45, 7) is 9.36. The van der Waals surface area contributed by atoms with E-state index in [1.807, 2.05) is 79.1 Å². The van der Waals surface area contributed by atoms with E-state index >= 15 is 0 Å². The average molecular weight is 380 g/mol. The molecule has 2 amide bonds. The molecule has 5 heteroatoms. The highest BCUT2D eigenvalue weighted by molar-refractivity contribution is 5.94. The van der Waals surface area contributed by atoms with Gasteiger partial charge in [0.2, 0.25) is 0 Å². The Morgan fingerprint density at radius 3 is 2.43 bits per heavy atom. The molecule has 1 aliphatic heterocycles. The minimum Gasteiger partial charge on any atom is -0.481 e. The zero-order valence-electron chi connectivity index (χ0n) is 17.0. The van der Waals surface area contributed by atoms with Crippen molar-refractivity contribution >= 4 is 11.8 Å². The van der Waals surface area contributed by atoms with Crippen LogP contribution < -0.4 is 4.74 Å². The Kier molecular flexibility index (Phi) is 6.02. The Morgan fingerprint density at radius 2 is 1.75 bits per heavy atom. The number of benzene rings is 2. The lowest BCUT2D eigenvalue weighted by molar-refractivity contribution is -0.142. The summed E-state index contributed by atoms with van der Waals surface area (Å²) in [6.07, 6.45) is -0.570. The molecule has 1 aliphatic rings. The maximum Gasteiger partial charge on any atom is 0.263 e. The largest absolute Gasteiger partial charge is 0.481 e. The van der Waals surface area contributed by atoms with E-state index in [1.165, 1.54) is 0 Å². The first-order valence-electron chi connectivity index (χ1n) is 9.76. The second-order valence-electron chi connectivity index (χ2n) is 7.46. The van der Waals surface area contributed by atoms with Gasteiger partial charge in [0.15, 0.2) is 6.10 Å². The van der Waals surface area contributed by atoms with Crippen LogP contribution >= 0.6 is 0 Å². The molecule has 0 bridgehead atoms. The minimum atomic E-state index is -0.570. The molecule has 2 atom stereocenters. The summed E-state index contributed by atoms with van der Waals surface area (Å²) < 4.78 is 5.96. The number of aryl methyl sites for hydroxylation is 1. The Hall–Kier alpha value is -2.82. The molecule has 2 aromatic carbocycles. The normalized spacial score (nSPS) is 17.9. The number of rotatable bonds is 4. The summed E-state index contributed by atoms with van der Waals surface area (Å²) in [5, 5.41) is 0. The molecule has 0 saturated carbocycles. The summed E-state index contributed by atoms with van der Waals surface area (Å²) in [4.78, 5) is 29.3. The second-order valence-corrected chi connectivity index (χ2v) is 7.46. The zero-order valence-corrected chi connectivity index (χ0v) is 17.0. The lowest BCUT2D eigenvalue weighted by atomic mass is 10.1. The molecule has 1 saturated heterocycles. The van der Waals surface area contributed by atoms with Gasteiger partial charge in [-0.3, -0.25) is 9.59 Å². The van der Waals surface area contributed by atoms with Gasteiger partial charge in [-0.1, -0.05) is 30.3 Å². The summed E-state index contributed by atoms with van der Waals surface area (Å²) in [7, 11) is 0. The Bertz CT molecular complexity index is 850. The van der Waals surface area contributed by atoms with Crippen LogP contribution in [0.15, 0.2) is 48.5 Å². The van der Waals surface area contributed by atoms with Gasteiger partial charge in [0, 0.05) is 31.2 Å². The standard InChI is InChI=1S/C23H28N2O3/c1-16-9-8-12-21(18(16)3)28-19(4)22(26)25-14-13-24(15-17(25)2)23(27)20-10-6-5-7-11-20/h5-12,17,19H,13-15H2,1-4H3/t17-,19?/m1/s1. The monoisotopic (exact) mass is 380 g/mol. The molecule has 148 valence electrons. The number of carbonyl (C=O) groups excluding carboxylic acids is 2. The highest BCUT2D eigenvalue weighted by atomic mass is 16.5. The van der Waals surface area contributed by atoms with Gasteiger partial charge in [0.1, 0.15) is 5.75 Å². The molecule has 0 aliphatic carbocycles. The van der Waals surface area contributed by atoms with E-state index in [4.69, 9.17) is 4.74 Å². The summed E-state index contributed by atoms with van der Waals surface area (Å²) in [6, 6.07) is 15.1. The molecule has 0 N–H and O–H groups in total. The predicted molar refractivity (Wildman–Crippen MR) is 110 cm³/mol. The van der Waals surface area contributed by atoms with Gasteiger partial charge in [-0.25, -0.2) is 0 Å². The van der Waals surface area contributed by atoms with E-state index < -0.39 is 6.10 Å². The first kappa shape index (κ1) is 19.9. The smallest absolute Gasteiger partial charge is 0.263 e. The van der Waals surface area contributed by atoms with E-state index in [2.05, 4.69) is 0 Å². The predicted octanol–water partition coefficient (Wildman–Crippen LogP) is 3.44. The van der Waals surface area contributed by atoms with Crippen LogP contribution in [0, 0.1) is 13.8 Å². The van der Waals surface area contributed by atoms with Crippen molar-refractivity contribution in [2.75, 3.05) is 19.6 Å². The van der Waals surface area contributed by atoms with Crippen LogP contribution in [0.4, 0.5) is 0 Å². The fourth-order valence-corrected chi connectivity index (χ4v) is 3.56. The van der Waals surface area contributed by atoms with Crippen molar-refractivity contribution in [1.29, 1.82) is 0 Å². The second kappa shape index (κ2) is 8.46. The van der Waals surface area contributed by atoms with Gasteiger partial charge < -0.3 is 14.5 Å². The number of carbonyl (C=O) groups is 2. The lowest BCUT2D eigenvalue weighted by Crippen LogP contribution is -2.57. The van der Waals surface area contributed by atoms with Gasteiger partial charge in [0.25, 0.3) is 11.8 Å². The number of amides is 2. The maximum atomic E-state index is 13.0. The Labute approximate surface area is 166 Å². The van der Waals surface area contributed by atoms with Gasteiger partial charge in [0.05, 0.1) is 0 Å². The molecular weight excluding hydrogens is 352 g/mol. The quantitative estimate of drug-likeness (QED) is 0.816. The molecule has 1 fully saturated rings. The summed E-state index contributed by atoms with van der Waals surface area (Å²) >= 11 is 0. The fourth-order valence-electron chi connectivity index (χ4n) is 3.56. The van der Waals surface area contributed by atoms with E-state index in [0.29, 0.717) is 25.2 Å². The third-order valence-corrected chi connectivity index (χ3v) is 5.42. The van der Waals surface area contributed by atoms with Crippen molar-refractivity contribution in [3.05, 3.63) is 65.2 Å². The summed E-state index contributed by atoms with van der Waals surface area (Å²) in [5.74, 6) is 0.714. The molecule has 0 spiro atoms. The van der Waals surface area contributed by atoms with Crippen LogP contribution in [0.5, 0.6) is 5.75 Å². The molecule has 3 rings (SSSR count). The maximum absolute atomic E-state index is 13.0. The van der Waals surface area contributed by atoms with Crippen LogP contribution in [0.2, 0.25) is 0 Å². The average Bonchev–Trinajstić information content (AvgIpc) is 2.71. The van der Waals surface area contributed by atoms with Gasteiger partial charge in [-0.2, -0.15) is 0 Å². The molecule has 1 unspecified atom stereocenters. The number of ether oxygens (including phenoxy) is 1. The van der Waals surface area contributed by atoms with Crippen molar-refractivity contribution in [1.82, 2.24) is 9.80 Å². The third kappa shape index (κ3) is 4.19.